The first-order valence-corrected chi connectivity index (χ1v) is 4.89. The molecule has 0 spiro atoms. The van der Waals surface area contributed by atoms with Gasteiger partial charge >= 0.3 is 0 Å². The standard InChI is InChI=1S/C10H17NO/c11-10-4-3-8(6-10)9-2-1-5-12-7-9/h10H,1-7,11H2. The molecule has 1 atom stereocenters. The summed E-state index contributed by atoms with van der Waals surface area (Å²) >= 11 is 0. The lowest BCUT2D eigenvalue weighted by molar-refractivity contribution is 0.129. The fraction of sp³-hybridized carbons (Fsp3) is 0.800. The Morgan fingerprint density at radius 2 is 2.17 bits per heavy atom. The van der Waals surface area contributed by atoms with Gasteiger partial charge in [0.15, 0.2) is 0 Å². The monoisotopic (exact) mass is 167 g/mol. The van der Waals surface area contributed by atoms with Crippen LogP contribution >= 0.6 is 0 Å². The van der Waals surface area contributed by atoms with Gasteiger partial charge in [0.1, 0.15) is 0 Å². The molecule has 2 rings (SSSR count). The highest BCUT2D eigenvalue weighted by Gasteiger charge is 2.19. The topological polar surface area (TPSA) is 35.2 Å². The smallest absolute Gasteiger partial charge is 0.0679 e. The SMILES string of the molecule is NC1CCC(=C2CCCOC2)C1. The summed E-state index contributed by atoms with van der Waals surface area (Å²) in [5.74, 6) is 0. The Hall–Kier alpha value is -0.340. The normalized spacial score (nSPS) is 37.2. The van der Waals surface area contributed by atoms with Crippen LogP contribution in [-0.4, -0.2) is 19.3 Å². The number of rotatable bonds is 0. The summed E-state index contributed by atoms with van der Waals surface area (Å²) in [6.45, 7) is 1.82. The van der Waals surface area contributed by atoms with Crippen molar-refractivity contribution in [2.75, 3.05) is 13.2 Å². The molecule has 1 saturated heterocycles. The van der Waals surface area contributed by atoms with E-state index in [9.17, 15) is 0 Å². The molecule has 12 heavy (non-hydrogen) atoms. The second-order valence-electron chi connectivity index (χ2n) is 3.87. The fourth-order valence-electron chi connectivity index (χ4n) is 2.14. The Morgan fingerprint density at radius 1 is 1.25 bits per heavy atom. The molecule has 0 radical (unpaired) electrons. The van der Waals surface area contributed by atoms with Crippen LogP contribution in [0.1, 0.15) is 32.1 Å². The van der Waals surface area contributed by atoms with Crippen molar-refractivity contribution < 1.29 is 4.74 Å². The zero-order valence-corrected chi connectivity index (χ0v) is 7.51. The predicted octanol–water partition coefficient (Wildman–Crippen LogP) is 1.60. The molecule has 0 amide bonds. The van der Waals surface area contributed by atoms with Gasteiger partial charge in [-0.05, 0) is 37.7 Å². The Bertz CT molecular complexity index is 185. The molecule has 2 heteroatoms. The Morgan fingerprint density at radius 3 is 2.75 bits per heavy atom. The summed E-state index contributed by atoms with van der Waals surface area (Å²) < 4.78 is 5.43. The number of nitrogens with two attached hydrogens (primary N) is 1. The molecule has 0 aromatic heterocycles. The van der Waals surface area contributed by atoms with E-state index in [-0.39, 0.29) is 0 Å². The molecular formula is C10H17NO. The summed E-state index contributed by atoms with van der Waals surface area (Å²) in [6, 6.07) is 0.425. The molecule has 1 aliphatic heterocycles. The Labute approximate surface area is 73.8 Å². The van der Waals surface area contributed by atoms with Crippen molar-refractivity contribution in [1.82, 2.24) is 0 Å². The molecule has 0 aromatic rings. The van der Waals surface area contributed by atoms with Crippen molar-refractivity contribution in [3.05, 3.63) is 11.1 Å². The predicted molar refractivity (Wildman–Crippen MR) is 48.9 cm³/mol. The van der Waals surface area contributed by atoms with Gasteiger partial charge in [0.2, 0.25) is 0 Å². The summed E-state index contributed by atoms with van der Waals surface area (Å²) in [6.07, 6.45) is 5.98. The van der Waals surface area contributed by atoms with Gasteiger partial charge in [-0.3, -0.25) is 0 Å². The third-order valence-electron chi connectivity index (χ3n) is 2.87. The van der Waals surface area contributed by atoms with E-state index in [1.807, 2.05) is 0 Å². The second-order valence-corrected chi connectivity index (χ2v) is 3.87. The summed E-state index contributed by atoms with van der Waals surface area (Å²) in [5.41, 5.74) is 9.01. The first-order chi connectivity index (χ1) is 5.86. The molecule has 0 aromatic carbocycles. The van der Waals surface area contributed by atoms with Crippen LogP contribution in [0, 0.1) is 0 Å². The van der Waals surface area contributed by atoms with Gasteiger partial charge in [-0.15, -0.1) is 0 Å². The van der Waals surface area contributed by atoms with Gasteiger partial charge in [-0.1, -0.05) is 5.57 Å². The van der Waals surface area contributed by atoms with Crippen molar-refractivity contribution in [1.29, 1.82) is 0 Å². The Kier molecular flexibility index (Phi) is 2.47. The van der Waals surface area contributed by atoms with Gasteiger partial charge in [0, 0.05) is 12.6 Å². The van der Waals surface area contributed by atoms with Crippen LogP contribution < -0.4 is 5.73 Å². The molecule has 2 aliphatic rings. The number of hydrogen-bond acceptors (Lipinski definition) is 2. The minimum atomic E-state index is 0.425. The first-order valence-electron chi connectivity index (χ1n) is 4.89. The maximum Gasteiger partial charge on any atom is 0.0679 e. The van der Waals surface area contributed by atoms with E-state index >= 15 is 0 Å². The highest BCUT2D eigenvalue weighted by Crippen LogP contribution is 2.29. The van der Waals surface area contributed by atoms with Crippen molar-refractivity contribution in [3.63, 3.8) is 0 Å². The van der Waals surface area contributed by atoms with Crippen molar-refractivity contribution in [3.8, 4) is 0 Å². The zero-order chi connectivity index (χ0) is 8.39. The minimum Gasteiger partial charge on any atom is -0.377 e. The van der Waals surface area contributed by atoms with Crippen molar-refractivity contribution in [2.24, 2.45) is 5.73 Å². The molecular weight excluding hydrogens is 150 g/mol. The third kappa shape index (κ3) is 1.70. The van der Waals surface area contributed by atoms with Crippen LogP contribution in [0.2, 0.25) is 0 Å². The highest BCUT2D eigenvalue weighted by molar-refractivity contribution is 5.20. The van der Waals surface area contributed by atoms with E-state index in [1.165, 1.54) is 25.7 Å². The summed E-state index contributed by atoms with van der Waals surface area (Å²) in [7, 11) is 0. The lowest BCUT2D eigenvalue weighted by Gasteiger charge is -2.17. The molecule has 2 nitrogen and oxygen atoms in total. The summed E-state index contributed by atoms with van der Waals surface area (Å²) in [5, 5.41) is 0. The van der Waals surface area contributed by atoms with Crippen molar-refractivity contribution >= 4 is 0 Å². The van der Waals surface area contributed by atoms with Crippen LogP contribution in [0.3, 0.4) is 0 Å². The Balaban J connectivity index is 2.03. The van der Waals surface area contributed by atoms with E-state index in [4.69, 9.17) is 10.5 Å². The lowest BCUT2D eigenvalue weighted by Crippen LogP contribution is -2.14. The minimum absolute atomic E-state index is 0.425. The van der Waals surface area contributed by atoms with Gasteiger partial charge in [0.05, 0.1) is 6.61 Å². The van der Waals surface area contributed by atoms with E-state index in [0.717, 1.165) is 19.6 Å². The lowest BCUT2D eigenvalue weighted by atomic mass is 10.0. The average molecular weight is 167 g/mol. The second kappa shape index (κ2) is 3.58. The number of ether oxygens (including phenoxy) is 1. The van der Waals surface area contributed by atoms with E-state index in [1.54, 1.807) is 11.1 Å². The molecule has 1 aliphatic carbocycles. The average Bonchev–Trinajstić information content (AvgIpc) is 2.54. The molecule has 1 unspecified atom stereocenters. The van der Waals surface area contributed by atoms with Crippen LogP contribution in [0.15, 0.2) is 11.1 Å². The highest BCUT2D eigenvalue weighted by atomic mass is 16.5. The van der Waals surface area contributed by atoms with Crippen LogP contribution in [0.5, 0.6) is 0 Å². The van der Waals surface area contributed by atoms with E-state index in [2.05, 4.69) is 0 Å². The first kappa shape index (κ1) is 8.27. The van der Waals surface area contributed by atoms with E-state index < -0.39 is 0 Å². The molecule has 2 N–H and O–H groups in total. The molecule has 2 fully saturated rings. The fourth-order valence-corrected chi connectivity index (χ4v) is 2.14. The zero-order valence-electron chi connectivity index (χ0n) is 7.51. The van der Waals surface area contributed by atoms with Gasteiger partial charge in [-0.25, -0.2) is 0 Å². The molecule has 1 saturated carbocycles. The maximum atomic E-state index is 5.86. The van der Waals surface area contributed by atoms with Gasteiger partial charge in [0.25, 0.3) is 0 Å². The molecule has 68 valence electrons. The van der Waals surface area contributed by atoms with Crippen LogP contribution in [0.25, 0.3) is 0 Å². The molecule has 0 bridgehead atoms. The maximum absolute atomic E-state index is 5.86. The number of hydrogen-bond donors (Lipinski definition) is 1. The van der Waals surface area contributed by atoms with Crippen molar-refractivity contribution in [2.45, 2.75) is 38.1 Å². The summed E-state index contributed by atoms with van der Waals surface area (Å²) in [4.78, 5) is 0. The van der Waals surface area contributed by atoms with Gasteiger partial charge in [-0.2, -0.15) is 0 Å². The van der Waals surface area contributed by atoms with E-state index in [0.29, 0.717) is 6.04 Å². The largest absolute Gasteiger partial charge is 0.377 e. The molecule has 1 heterocycles. The third-order valence-corrected chi connectivity index (χ3v) is 2.87. The quantitative estimate of drug-likeness (QED) is 0.556. The van der Waals surface area contributed by atoms with Crippen LogP contribution in [0.4, 0.5) is 0 Å². The van der Waals surface area contributed by atoms with Gasteiger partial charge < -0.3 is 10.5 Å². The van der Waals surface area contributed by atoms with Crippen LogP contribution in [-0.2, 0) is 4.74 Å².